The van der Waals surface area contributed by atoms with Crippen molar-refractivity contribution >= 4 is 34.0 Å². The molecule has 0 unspecified atom stereocenters. The van der Waals surface area contributed by atoms with Crippen molar-refractivity contribution in [3.05, 3.63) is 83.9 Å². The molecule has 6 nitrogen and oxygen atoms in total. The smallest absolute Gasteiger partial charge is 0.872 e. The van der Waals surface area contributed by atoms with Crippen LogP contribution in [0, 0.1) is 0 Å². The number of benzene rings is 4. The van der Waals surface area contributed by atoms with Gasteiger partial charge in [0.25, 0.3) is 0 Å². The molecule has 7 heteroatoms. The molecular weight excluding hydrogens is 627 g/mol. The Morgan fingerprint density at radius 1 is 0.553 bits per heavy atom. The van der Waals surface area contributed by atoms with E-state index in [4.69, 9.17) is 0 Å². The van der Waals surface area contributed by atoms with Crippen molar-refractivity contribution in [1.29, 1.82) is 0 Å². The Morgan fingerprint density at radius 2 is 0.957 bits per heavy atom. The van der Waals surface area contributed by atoms with E-state index in [0.29, 0.717) is 23.2 Å². The van der Waals surface area contributed by atoms with Gasteiger partial charge in [0.15, 0.2) is 0 Å². The monoisotopic (exact) mass is 676 g/mol. The summed E-state index contributed by atoms with van der Waals surface area (Å²) in [4.78, 5) is 8.94. The van der Waals surface area contributed by atoms with Crippen molar-refractivity contribution in [2.24, 2.45) is 9.98 Å². The summed E-state index contributed by atoms with van der Waals surface area (Å²) in [5.74, 6) is 0.0977. The third-order valence-electron chi connectivity index (χ3n) is 9.31. The predicted octanol–water partition coefficient (Wildman–Crippen LogP) is 7.29. The maximum absolute atomic E-state index is 12.1. The summed E-state index contributed by atoms with van der Waals surface area (Å²) in [5, 5.41) is 35.5. The molecule has 0 amide bonds. The third kappa shape index (κ3) is 11.4. The molecule has 2 aliphatic carbocycles. The zero-order valence-electron chi connectivity index (χ0n) is 27.6. The molecule has 0 atom stereocenters. The summed E-state index contributed by atoms with van der Waals surface area (Å²) < 4.78 is 0. The van der Waals surface area contributed by atoms with Crippen LogP contribution in [0.4, 0.5) is 0 Å². The van der Waals surface area contributed by atoms with Crippen LogP contribution in [0.3, 0.4) is 0 Å². The molecule has 47 heavy (non-hydrogen) atoms. The van der Waals surface area contributed by atoms with Gasteiger partial charge in [-0.2, -0.15) is 0 Å². The molecule has 0 aromatic heterocycles. The molecular formula is C40H50N4NiO2. The van der Waals surface area contributed by atoms with Crippen LogP contribution >= 0.6 is 0 Å². The van der Waals surface area contributed by atoms with Gasteiger partial charge in [-0.3, -0.25) is 9.98 Å². The number of nitrogens with one attached hydrogen (secondary N) is 2. The number of hydrogen-bond acceptors (Lipinski definition) is 6. The van der Waals surface area contributed by atoms with Gasteiger partial charge in [-0.25, -0.2) is 0 Å². The van der Waals surface area contributed by atoms with E-state index in [1.807, 2.05) is 60.7 Å². The Kier molecular flexibility index (Phi) is 15.7. The van der Waals surface area contributed by atoms with E-state index >= 15 is 0 Å². The molecule has 2 fully saturated rings. The molecule has 4 aromatic carbocycles. The summed E-state index contributed by atoms with van der Waals surface area (Å²) in [6.45, 7) is 3.56. The molecule has 6 rings (SSSR count). The second-order valence-electron chi connectivity index (χ2n) is 12.8. The minimum Gasteiger partial charge on any atom is -0.872 e. The molecule has 0 radical (unpaired) electrons. The number of aliphatic imine (C=N–C) groups is 2. The molecule has 252 valence electrons. The molecule has 0 saturated heterocycles. The molecule has 2 saturated carbocycles. The van der Waals surface area contributed by atoms with Crippen molar-refractivity contribution in [3.8, 4) is 11.5 Å². The molecule has 2 N–H and O–H groups in total. The average Bonchev–Trinajstić information content (AvgIpc) is 3.10. The second-order valence-corrected chi connectivity index (χ2v) is 12.8. The topological polar surface area (TPSA) is 94.9 Å². The maximum Gasteiger partial charge on any atom is 2.00 e. The van der Waals surface area contributed by atoms with Gasteiger partial charge in [-0.1, -0.05) is 123 Å². The first kappa shape index (κ1) is 36.6. The molecule has 0 spiro atoms. The first-order valence-electron chi connectivity index (χ1n) is 17.5. The summed E-state index contributed by atoms with van der Waals surface area (Å²) in [7, 11) is 0. The van der Waals surface area contributed by atoms with Gasteiger partial charge in [0.2, 0.25) is 0 Å². The van der Waals surface area contributed by atoms with Crippen LogP contribution in [0.25, 0.3) is 21.5 Å². The van der Waals surface area contributed by atoms with Gasteiger partial charge in [0.05, 0.1) is 0 Å². The average molecular weight is 678 g/mol. The van der Waals surface area contributed by atoms with Crippen molar-refractivity contribution in [2.45, 2.75) is 89.1 Å². The summed E-state index contributed by atoms with van der Waals surface area (Å²) in [6.07, 6.45) is 19.1. The van der Waals surface area contributed by atoms with Crippen molar-refractivity contribution < 1.29 is 26.7 Å². The van der Waals surface area contributed by atoms with Crippen LogP contribution in [0.1, 0.15) is 88.2 Å². The minimum absolute atomic E-state index is 0. The fourth-order valence-electron chi connectivity index (χ4n) is 6.70. The SMILES string of the molecule is [Ni+2].[O-]c1ccc2ccccc2c1C=NCCCNC1CCCCC1.[O-]c1ccc2ccccc2c1C=NCCCNC1CCCCC1. The Balaban J connectivity index is 0.000000208. The van der Waals surface area contributed by atoms with Crippen LogP contribution in [-0.4, -0.2) is 50.7 Å². The first-order valence-corrected chi connectivity index (χ1v) is 17.5. The van der Waals surface area contributed by atoms with Gasteiger partial charge >= 0.3 is 16.5 Å². The van der Waals surface area contributed by atoms with Gasteiger partial charge in [0.1, 0.15) is 0 Å². The van der Waals surface area contributed by atoms with Crippen LogP contribution in [-0.2, 0) is 16.5 Å². The van der Waals surface area contributed by atoms with E-state index in [2.05, 4.69) is 20.6 Å². The first-order chi connectivity index (χ1) is 22.7. The number of rotatable bonds is 12. The van der Waals surface area contributed by atoms with Crippen LogP contribution in [0.15, 0.2) is 82.8 Å². The quantitative estimate of drug-likeness (QED) is 0.0936. The van der Waals surface area contributed by atoms with Gasteiger partial charge < -0.3 is 20.8 Å². The molecule has 0 bridgehead atoms. The number of hydrogen-bond donors (Lipinski definition) is 2. The van der Waals surface area contributed by atoms with E-state index in [-0.39, 0.29) is 28.0 Å². The normalized spacial score (nSPS) is 16.0. The van der Waals surface area contributed by atoms with E-state index in [0.717, 1.165) is 60.6 Å². The van der Waals surface area contributed by atoms with Crippen molar-refractivity contribution in [2.75, 3.05) is 26.2 Å². The summed E-state index contributed by atoms with van der Waals surface area (Å²) in [6, 6.07) is 24.4. The van der Waals surface area contributed by atoms with Gasteiger partial charge in [0, 0.05) is 37.6 Å². The zero-order valence-corrected chi connectivity index (χ0v) is 28.6. The Bertz CT molecular complexity index is 1440. The largest absolute Gasteiger partial charge is 2.00 e. The Labute approximate surface area is 291 Å². The molecule has 4 aromatic rings. The molecule has 0 aliphatic heterocycles. The Morgan fingerprint density at radius 3 is 1.38 bits per heavy atom. The molecule has 0 heterocycles. The fraction of sp³-hybridized carbons (Fsp3) is 0.450. The third-order valence-corrected chi connectivity index (χ3v) is 9.31. The zero-order chi connectivity index (χ0) is 31.8. The van der Waals surface area contributed by atoms with E-state index in [1.54, 1.807) is 24.6 Å². The van der Waals surface area contributed by atoms with Crippen LogP contribution < -0.4 is 20.8 Å². The summed E-state index contributed by atoms with van der Waals surface area (Å²) >= 11 is 0. The summed E-state index contributed by atoms with van der Waals surface area (Å²) in [5.41, 5.74) is 1.42. The van der Waals surface area contributed by atoms with E-state index in [9.17, 15) is 10.2 Å². The molecule has 2 aliphatic rings. The van der Waals surface area contributed by atoms with Crippen LogP contribution in [0.2, 0.25) is 0 Å². The van der Waals surface area contributed by atoms with E-state index in [1.165, 1.54) is 64.2 Å². The minimum atomic E-state index is 0. The maximum atomic E-state index is 12.1. The van der Waals surface area contributed by atoms with Crippen molar-refractivity contribution in [3.63, 3.8) is 0 Å². The van der Waals surface area contributed by atoms with Crippen molar-refractivity contribution in [1.82, 2.24) is 10.6 Å². The number of nitrogens with zero attached hydrogens (tertiary/aromatic N) is 2. The predicted molar refractivity (Wildman–Crippen MR) is 191 cm³/mol. The van der Waals surface area contributed by atoms with Crippen LogP contribution in [0.5, 0.6) is 11.5 Å². The van der Waals surface area contributed by atoms with E-state index < -0.39 is 0 Å². The Hall–Kier alpha value is -3.25. The fourth-order valence-corrected chi connectivity index (χ4v) is 6.70. The van der Waals surface area contributed by atoms with Gasteiger partial charge in [-0.15, -0.1) is 0 Å². The standard InChI is InChI=1S/2C20H26N2O.Ni/c2*23-20-12-11-16-7-4-5-10-18(16)19(20)15-21-13-6-14-22-17-8-2-1-3-9-17;/h2*4-5,7,10-12,15,17,22-23H,1-3,6,8-9,13-14H2;/q;;+2/p-2. The number of fused-ring (bicyclic) bond motifs is 2. The van der Waals surface area contributed by atoms with Gasteiger partial charge in [-0.05, 0) is 84.3 Å². The second kappa shape index (κ2) is 20.2.